The number of carboxylic acids is 1. The van der Waals surface area contributed by atoms with E-state index in [4.69, 9.17) is 0 Å². The van der Waals surface area contributed by atoms with Gasteiger partial charge in [-0.3, -0.25) is 14.4 Å². The van der Waals surface area contributed by atoms with E-state index in [-0.39, 0.29) is 36.7 Å². The highest BCUT2D eigenvalue weighted by Crippen LogP contribution is 2.38. The van der Waals surface area contributed by atoms with Gasteiger partial charge in [0.15, 0.2) is 0 Å². The van der Waals surface area contributed by atoms with Gasteiger partial charge in [-0.1, -0.05) is 44.2 Å². The van der Waals surface area contributed by atoms with Crippen molar-refractivity contribution < 1.29 is 24.3 Å². The van der Waals surface area contributed by atoms with Crippen LogP contribution < -0.4 is 16.0 Å². The number of amides is 4. The van der Waals surface area contributed by atoms with Gasteiger partial charge in [0.05, 0.1) is 13.0 Å². The van der Waals surface area contributed by atoms with Crippen molar-refractivity contribution in [3.05, 3.63) is 59.7 Å². The lowest BCUT2D eigenvalue weighted by atomic mass is 9.69. The van der Waals surface area contributed by atoms with E-state index in [1.165, 1.54) is 0 Å². The third-order valence-electron chi connectivity index (χ3n) is 7.47. The number of carboxylic acid groups (broad SMARTS) is 1. The third kappa shape index (κ3) is 8.48. The first-order chi connectivity index (χ1) is 19.0. The molecule has 1 heterocycles. The van der Waals surface area contributed by atoms with E-state index in [2.05, 4.69) is 16.0 Å². The van der Waals surface area contributed by atoms with E-state index in [1.54, 1.807) is 16.7 Å². The van der Waals surface area contributed by atoms with Gasteiger partial charge >= 0.3 is 12.0 Å². The summed E-state index contributed by atoms with van der Waals surface area (Å²) in [5.74, 6) is -0.953. The zero-order valence-corrected chi connectivity index (χ0v) is 24.5. The van der Waals surface area contributed by atoms with Crippen molar-refractivity contribution in [3.63, 3.8) is 0 Å². The highest BCUT2D eigenvalue weighted by atomic mass is 32.2. The first-order valence-corrected chi connectivity index (χ1v) is 14.9. The third-order valence-corrected chi connectivity index (χ3v) is 8.12. The Morgan fingerprint density at radius 3 is 2.45 bits per heavy atom. The minimum absolute atomic E-state index is 0.0786. The Hall–Kier alpha value is -3.53. The van der Waals surface area contributed by atoms with Crippen LogP contribution in [-0.2, 0) is 19.8 Å². The number of aryl methyl sites for hydroxylation is 1. The highest BCUT2D eigenvalue weighted by molar-refractivity contribution is 7.98. The number of carbonyl (C=O) groups is 4. The summed E-state index contributed by atoms with van der Waals surface area (Å²) in [5, 5.41) is 17.7. The lowest BCUT2D eigenvalue weighted by Gasteiger charge is -2.41. The molecular formula is C30H40N4O5S. The fourth-order valence-electron chi connectivity index (χ4n) is 5.09. The van der Waals surface area contributed by atoms with Gasteiger partial charge in [-0.2, -0.15) is 11.8 Å². The molecule has 4 N–H and O–H groups in total. The Morgan fingerprint density at radius 2 is 1.80 bits per heavy atom. The SMILES string of the molecule is CSCC[C@H](CC(=O)O)NC(=O)CN1CCC[C@@H](C(C)(C)c2ccc(NC(=O)Nc3ccccc3C)cc2)C1=O. The molecule has 9 nitrogen and oxygen atoms in total. The number of aliphatic carboxylic acids is 1. The monoisotopic (exact) mass is 568 g/mol. The van der Waals surface area contributed by atoms with E-state index in [9.17, 15) is 24.3 Å². The van der Waals surface area contributed by atoms with E-state index in [0.29, 0.717) is 25.1 Å². The smallest absolute Gasteiger partial charge is 0.323 e. The maximum atomic E-state index is 13.5. The Balaban J connectivity index is 1.61. The molecule has 40 heavy (non-hydrogen) atoms. The van der Waals surface area contributed by atoms with Crippen LogP contribution in [0, 0.1) is 12.8 Å². The van der Waals surface area contributed by atoms with Crippen molar-refractivity contribution in [2.75, 3.05) is 35.7 Å². The van der Waals surface area contributed by atoms with E-state index < -0.39 is 17.4 Å². The number of thioether (sulfide) groups is 1. The number of urea groups is 1. The number of anilines is 2. The fourth-order valence-corrected chi connectivity index (χ4v) is 5.61. The molecule has 0 unspecified atom stereocenters. The van der Waals surface area contributed by atoms with Crippen molar-refractivity contribution in [2.24, 2.45) is 5.92 Å². The van der Waals surface area contributed by atoms with Crippen LogP contribution in [0.25, 0.3) is 0 Å². The van der Waals surface area contributed by atoms with Crippen molar-refractivity contribution in [3.8, 4) is 0 Å². The zero-order chi connectivity index (χ0) is 29.3. The molecule has 0 aromatic heterocycles. The Bertz CT molecular complexity index is 1200. The van der Waals surface area contributed by atoms with Crippen molar-refractivity contribution in [1.29, 1.82) is 0 Å². The number of para-hydroxylation sites is 1. The summed E-state index contributed by atoms with van der Waals surface area (Å²) in [4.78, 5) is 51.5. The maximum Gasteiger partial charge on any atom is 0.323 e. The average molecular weight is 569 g/mol. The number of likely N-dealkylation sites (tertiary alicyclic amines) is 1. The number of benzene rings is 2. The lowest BCUT2D eigenvalue weighted by molar-refractivity contribution is -0.144. The molecule has 2 aromatic rings. The largest absolute Gasteiger partial charge is 0.481 e. The summed E-state index contributed by atoms with van der Waals surface area (Å²) in [5.41, 5.74) is 2.80. The predicted octanol–water partition coefficient (Wildman–Crippen LogP) is 4.87. The van der Waals surface area contributed by atoms with E-state index in [0.717, 1.165) is 29.0 Å². The van der Waals surface area contributed by atoms with Crippen LogP contribution in [0.15, 0.2) is 48.5 Å². The summed E-state index contributed by atoms with van der Waals surface area (Å²) in [6.07, 6.45) is 3.83. The molecule has 4 amide bonds. The summed E-state index contributed by atoms with van der Waals surface area (Å²) < 4.78 is 0. The van der Waals surface area contributed by atoms with Gasteiger partial charge in [0.25, 0.3) is 0 Å². The topological polar surface area (TPSA) is 128 Å². The summed E-state index contributed by atoms with van der Waals surface area (Å²) in [7, 11) is 0. The molecule has 2 aromatic carbocycles. The van der Waals surface area contributed by atoms with Gasteiger partial charge in [0, 0.05) is 35.3 Å². The first-order valence-electron chi connectivity index (χ1n) is 13.5. The van der Waals surface area contributed by atoms with Crippen LogP contribution >= 0.6 is 11.8 Å². The molecule has 1 aliphatic rings. The van der Waals surface area contributed by atoms with Crippen LogP contribution in [0.2, 0.25) is 0 Å². The number of carbonyl (C=O) groups excluding carboxylic acids is 3. The Morgan fingerprint density at radius 1 is 1.10 bits per heavy atom. The number of nitrogens with zero attached hydrogens (tertiary/aromatic N) is 1. The highest BCUT2D eigenvalue weighted by Gasteiger charge is 2.41. The standard InChI is InChI=1S/C30H40N4O5S/c1-20-8-5-6-10-25(20)33-29(39)32-22-13-11-21(12-14-22)30(2,3)24-9-7-16-34(28(24)38)19-26(35)31-23(15-17-40-4)18-27(36)37/h5-6,8,10-14,23-24H,7,9,15-19H2,1-4H3,(H,31,35)(H,36,37)(H2,32,33,39)/t23-,24-/m1/s1. The molecule has 1 fully saturated rings. The Kier molecular flexibility index (Phi) is 11.0. The molecular weight excluding hydrogens is 528 g/mol. The zero-order valence-electron chi connectivity index (χ0n) is 23.7. The number of piperidine rings is 1. The summed E-state index contributed by atoms with van der Waals surface area (Å²) in [6.45, 7) is 6.39. The molecule has 0 spiro atoms. The van der Waals surface area contributed by atoms with Crippen LogP contribution in [0.4, 0.5) is 16.2 Å². The van der Waals surface area contributed by atoms with Crippen LogP contribution in [0.5, 0.6) is 0 Å². The maximum absolute atomic E-state index is 13.5. The van der Waals surface area contributed by atoms with Gasteiger partial charge in [0.1, 0.15) is 0 Å². The molecule has 0 aliphatic carbocycles. The van der Waals surface area contributed by atoms with Crippen molar-refractivity contribution >= 4 is 47.0 Å². The van der Waals surface area contributed by atoms with Gasteiger partial charge in [-0.05, 0) is 67.5 Å². The fraction of sp³-hybridized carbons (Fsp3) is 0.467. The van der Waals surface area contributed by atoms with Gasteiger partial charge < -0.3 is 26.0 Å². The van der Waals surface area contributed by atoms with Gasteiger partial charge in [-0.25, -0.2) is 4.79 Å². The molecule has 1 saturated heterocycles. The van der Waals surface area contributed by atoms with Crippen molar-refractivity contribution in [1.82, 2.24) is 10.2 Å². The number of hydrogen-bond donors (Lipinski definition) is 4. The second kappa shape index (κ2) is 14.2. The molecule has 0 bridgehead atoms. The summed E-state index contributed by atoms with van der Waals surface area (Å²) in [6, 6.07) is 14.2. The van der Waals surface area contributed by atoms with Gasteiger partial charge in [-0.15, -0.1) is 0 Å². The number of nitrogens with one attached hydrogen (secondary N) is 3. The van der Waals surface area contributed by atoms with E-state index >= 15 is 0 Å². The van der Waals surface area contributed by atoms with Gasteiger partial charge in [0.2, 0.25) is 11.8 Å². The quantitative estimate of drug-likeness (QED) is 0.289. The lowest BCUT2D eigenvalue weighted by Crippen LogP contribution is -2.52. The van der Waals surface area contributed by atoms with Crippen LogP contribution in [-0.4, -0.2) is 65.0 Å². The second-order valence-electron chi connectivity index (χ2n) is 10.8. The molecule has 0 radical (unpaired) electrons. The van der Waals surface area contributed by atoms with Crippen LogP contribution in [0.1, 0.15) is 50.7 Å². The van der Waals surface area contributed by atoms with Crippen LogP contribution in [0.3, 0.4) is 0 Å². The average Bonchev–Trinajstić information content (AvgIpc) is 2.89. The molecule has 10 heteroatoms. The molecule has 2 atom stereocenters. The number of hydrogen-bond acceptors (Lipinski definition) is 5. The molecule has 216 valence electrons. The molecule has 0 saturated carbocycles. The molecule has 1 aliphatic heterocycles. The minimum Gasteiger partial charge on any atom is -0.481 e. The first kappa shape index (κ1) is 31.0. The molecule has 3 rings (SSSR count). The number of rotatable bonds is 12. The minimum atomic E-state index is -0.963. The predicted molar refractivity (Wildman–Crippen MR) is 160 cm³/mol. The summed E-state index contributed by atoms with van der Waals surface area (Å²) >= 11 is 1.59. The normalized spacial score (nSPS) is 16.2. The second-order valence-corrected chi connectivity index (χ2v) is 11.8. The van der Waals surface area contributed by atoms with E-state index in [1.807, 2.05) is 75.6 Å². The van der Waals surface area contributed by atoms with Crippen molar-refractivity contribution in [2.45, 2.75) is 57.9 Å². The Labute approximate surface area is 240 Å².